The van der Waals surface area contributed by atoms with E-state index in [1.54, 1.807) is 0 Å². The number of nitrogens with one attached hydrogen (secondary N) is 1. The van der Waals surface area contributed by atoms with E-state index in [0.717, 1.165) is 11.3 Å². The molecule has 19 heavy (non-hydrogen) atoms. The molecule has 2 N–H and O–H groups in total. The predicted molar refractivity (Wildman–Crippen MR) is 70.6 cm³/mol. The lowest BCUT2D eigenvalue weighted by Gasteiger charge is -2.03. The SMILES string of the molecule is CCOCc1noc(-c2ccc(NCCO)cc2)n1. The molecule has 6 heteroatoms. The van der Waals surface area contributed by atoms with Gasteiger partial charge in [-0.05, 0) is 31.2 Å². The van der Waals surface area contributed by atoms with Crippen molar-refractivity contribution in [1.82, 2.24) is 10.1 Å². The maximum atomic E-state index is 8.73. The number of ether oxygens (including phenoxy) is 1. The van der Waals surface area contributed by atoms with Gasteiger partial charge in [0.15, 0.2) is 5.82 Å². The number of nitrogens with zero attached hydrogens (tertiary/aromatic N) is 2. The van der Waals surface area contributed by atoms with E-state index in [1.165, 1.54) is 0 Å². The van der Waals surface area contributed by atoms with Gasteiger partial charge in [-0.3, -0.25) is 0 Å². The van der Waals surface area contributed by atoms with Gasteiger partial charge < -0.3 is 19.7 Å². The summed E-state index contributed by atoms with van der Waals surface area (Å²) in [6.45, 7) is 3.52. The van der Waals surface area contributed by atoms with Crippen molar-refractivity contribution in [3.05, 3.63) is 30.1 Å². The molecular weight excluding hydrogens is 246 g/mol. The van der Waals surface area contributed by atoms with E-state index >= 15 is 0 Å². The highest BCUT2D eigenvalue weighted by Gasteiger charge is 2.08. The van der Waals surface area contributed by atoms with Crippen molar-refractivity contribution in [2.75, 3.05) is 25.1 Å². The van der Waals surface area contributed by atoms with Gasteiger partial charge in [-0.2, -0.15) is 4.98 Å². The van der Waals surface area contributed by atoms with Crippen LogP contribution in [0.5, 0.6) is 0 Å². The van der Waals surface area contributed by atoms with Gasteiger partial charge in [-0.1, -0.05) is 5.16 Å². The molecule has 1 heterocycles. The van der Waals surface area contributed by atoms with Crippen LogP contribution in [0.2, 0.25) is 0 Å². The van der Waals surface area contributed by atoms with Gasteiger partial charge in [0.05, 0.1) is 6.61 Å². The Hall–Kier alpha value is -1.92. The fraction of sp³-hybridized carbons (Fsp3) is 0.385. The largest absolute Gasteiger partial charge is 0.395 e. The molecule has 102 valence electrons. The van der Waals surface area contributed by atoms with E-state index in [4.69, 9.17) is 14.4 Å². The molecule has 0 aliphatic rings. The van der Waals surface area contributed by atoms with Crippen molar-refractivity contribution in [3.63, 3.8) is 0 Å². The summed E-state index contributed by atoms with van der Waals surface area (Å²) >= 11 is 0. The van der Waals surface area contributed by atoms with Crippen molar-refractivity contribution in [1.29, 1.82) is 0 Å². The molecule has 0 radical (unpaired) electrons. The molecule has 0 aliphatic carbocycles. The Balaban J connectivity index is 2.02. The molecular formula is C13H17N3O3. The second kappa shape index (κ2) is 6.86. The molecule has 0 aliphatic heterocycles. The third kappa shape index (κ3) is 3.77. The fourth-order valence-electron chi connectivity index (χ4n) is 1.55. The van der Waals surface area contributed by atoms with Gasteiger partial charge in [0.2, 0.25) is 0 Å². The average molecular weight is 263 g/mol. The zero-order valence-corrected chi connectivity index (χ0v) is 10.8. The summed E-state index contributed by atoms with van der Waals surface area (Å²) in [6, 6.07) is 7.57. The first-order valence-electron chi connectivity index (χ1n) is 6.19. The third-order valence-electron chi connectivity index (χ3n) is 2.48. The van der Waals surface area contributed by atoms with E-state index in [2.05, 4.69) is 15.5 Å². The Morgan fingerprint density at radius 2 is 2.11 bits per heavy atom. The van der Waals surface area contributed by atoms with E-state index in [9.17, 15) is 0 Å². The maximum absolute atomic E-state index is 8.73. The molecule has 0 saturated carbocycles. The third-order valence-corrected chi connectivity index (χ3v) is 2.48. The summed E-state index contributed by atoms with van der Waals surface area (Å²) in [6.07, 6.45) is 0. The Bertz CT molecular complexity index is 496. The fourth-order valence-corrected chi connectivity index (χ4v) is 1.55. The number of aliphatic hydroxyl groups excluding tert-OH is 1. The number of aromatic nitrogens is 2. The summed E-state index contributed by atoms with van der Waals surface area (Å²) < 4.78 is 10.4. The van der Waals surface area contributed by atoms with E-state index < -0.39 is 0 Å². The van der Waals surface area contributed by atoms with Crippen LogP contribution in [-0.2, 0) is 11.3 Å². The number of anilines is 1. The van der Waals surface area contributed by atoms with Crippen LogP contribution in [0.3, 0.4) is 0 Å². The molecule has 1 aromatic heterocycles. The summed E-state index contributed by atoms with van der Waals surface area (Å²) in [7, 11) is 0. The number of hydrogen-bond donors (Lipinski definition) is 2. The first-order valence-corrected chi connectivity index (χ1v) is 6.19. The molecule has 0 bridgehead atoms. The van der Waals surface area contributed by atoms with Crippen LogP contribution >= 0.6 is 0 Å². The van der Waals surface area contributed by atoms with Gasteiger partial charge in [0, 0.05) is 24.4 Å². The van der Waals surface area contributed by atoms with Crippen LogP contribution in [0.4, 0.5) is 5.69 Å². The zero-order chi connectivity index (χ0) is 13.5. The molecule has 2 rings (SSSR count). The average Bonchev–Trinajstić information content (AvgIpc) is 2.92. The Morgan fingerprint density at radius 1 is 1.32 bits per heavy atom. The Morgan fingerprint density at radius 3 is 2.79 bits per heavy atom. The quantitative estimate of drug-likeness (QED) is 0.791. The van der Waals surface area contributed by atoms with Gasteiger partial charge in [0.1, 0.15) is 6.61 Å². The number of aliphatic hydroxyl groups is 1. The van der Waals surface area contributed by atoms with Gasteiger partial charge in [-0.25, -0.2) is 0 Å². The summed E-state index contributed by atoms with van der Waals surface area (Å²) in [5.41, 5.74) is 1.79. The van der Waals surface area contributed by atoms with Gasteiger partial charge in [0.25, 0.3) is 5.89 Å². The molecule has 6 nitrogen and oxygen atoms in total. The monoisotopic (exact) mass is 263 g/mol. The first-order chi connectivity index (χ1) is 9.33. The second-order valence-corrected chi connectivity index (χ2v) is 3.88. The van der Waals surface area contributed by atoms with E-state index in [0.29, 0.717) is 31.5 Å². The van der Waals surface area contributed by atoms with E-state index in [1.807, 2.05) is 31.2 Å². The van der Waals surface area contributed by atoms with Gasteiger partial charge >= 0.3 is 0 Å². The highest BCUT2D eigenvalue weighted by molar-refractivity contribution is 5.58. The molecule has 2 aromatic rings. The van der Waals surface area contributed by atoms with E-state index in [-0.39, 0.29) is 6.61 Å². The molecule has 0 spiro atoms. The van der Waals surface area contributed by atoms with Crippen LogP contribution in [0, 0.1) is 0 Å². The Kier molecular flexibility index (Phi) is 4.88. The minimum atomic E-state index is 0.103. The van der Waals surface area contributed by atoms with Gasteiger partial charge in [-0.15, -0.1) is 0 Å². The molecule has 0 fully saturated rings. The predicted octanol–water partition coefficient (Wildman–Crippen LogP) is 1.68. The molecule has 0 atom stereocenters. The topological polar surface area (TPSA) is 80.4 Å². The summed E-state index contributed by atoms with van der Waals surface area (Å²) in [5, 5.41) is 15.6. The lowest BCUT2D eigenvalue weighted by molar-refractivity contribution is 0.126. The number of hydrogen-bond acceptors (Lipinski definition) is 6. The first kappa shape index (κ1) is 13.5. The smallest absolute Gasteiger partial charge is 0.258 e. The van der Waals surface area contributed by atoms with Crippen molar-refractivity contribution < 1.29 is 14.4 Å². The van der Waals surface area contributed by atoms with Crippen LogP contribution < -0.4 is 5.32 Å². The minimum Gasteiger partial charge on any atom is -0.395 e. The number of benzene rings is 1. The Labute approximate surface area is 111 Å². The second-order valence-electron chi connectivity index (χ2n) is 3.88. The summed E-state index contributed by atoms with van der Waals surface area (Å²) in [4.78, 5) is 4.25. The van der Waals surface area contributed by atoms with Crippen LogP contribution in [0.1, 0.15) is 12.7 Å². The highest BCUT2D eigenvalue weighted by atomic mass is 16.5. The summed E-state index contributed by atoms with van der Waals surface area (Å²) in [5.74, 6) is 1.02. The van der Waals surface area contributed by atoms with Crippen molar-refractivity contribution >= 4 is 5.69 Å². The van der Waals surface area contributed by atoms with Crippen molar-refractivity contribution in [2.45, 2.75) is 13.5 Å². The normalized spacial score (nSPS) is 10.6. The minimum absolute atomic E-state index is 0.103. The standard InChI is InChI=1S/C13H17N3O3/c1-2-18-9-12-15-13(19-16-12)10-3-5-11(6-4-10)14-7-8-17/h3-6,14,17H,2,7-9H2,1H3. The van der Waals surface area contributed by atoms with Crippen LogP contribution in [-0.4, -0.2) is 35.0 Å². The van der Waals surface area contributed by atoms with Crippen LogP contribution in [0.15, 0.2) is 28.8 Å². The molecule has 0 amide bonds. The molecule has 0 unspecified atom stereocenters. The van der Waals surface area contributed by atoms with Crippen molar-refractivity contribution in [3.8, 4) is 11.5 Å². The highest BCUT2D eigenvalue weighted by Crippen LogP contribution is 2.19. The molecule has 1 aromatic carbocycles. The van der Waals surface area contributed by atoms with Crippen molar-refractivity contribution in [2.24, 2.45) is 0 Å². The lowest BCUT2D eigenvalue weighted by Crippen LogP contribution is -2.04. The maximum Gasteiger partial charge on any atom is 0.258 e. The van der Waals surface area contributed by atoms with Crippen LogP contribution in [0.25, 0.3) is 11.5 Å². The molecule has 0 saturated heterocycles. The lowest BCUT2D eigenvalue weighted by atomic mass is 10.2. The number of rotatable bonds is 7. The zero-order valence-electron chi connectivity index (χ0n) is 10.8.